The summed E-state index contributed by atoms with van der Waals surface area (Å²) in [6.07, 6.45) is 1.67. The lowest BCUT2D eigenvalue weighted by molar-refractivity contribution is 0.0695. The molecular formula is C18H18N2O3. The Labute approximate surface area is 134 Å². The second-order valence-electron chi connectivity index (χ2n) is 5.32. The predicted molar refractivity (Wildman–Crippen MR) is 88.4 cm³/mol. The van der Waals surface area contributed by atoms with Crippen molar-refractivity contribution in [1.29, 1.82) is 5.26 Å². The third-order valence-electron chi connectivity index (χ3n) is 3.82. The Morgan fingerprint density at radius 3 is 2.57 bits per heavy atom. The molecule has 0 aliphatic heterocycles. The molecule has 0 spiro atoms. The molecule has 0 radical (unpaired) electrons. The van der Waals surface area contributed by atoms with E-state index >= 15 is 0 Å². The van der Waals surface area contributed by atoms with Gasteiger partial charge in [-0.1, -0.05) is 12.1 Å². The van der Waals surface area contributed by atoms with Gasteiger partial charge in [0.05, 0.1) is 24.3 Å². The van der Waals surface area contributed by atoms with Gasteiger partial charge in [0.25, 0.3) is 0 Å². The van der Waals surface area contributed by atoms with Crippen LogP contribution in [0.1, 0.15) is 38.4 Å². The number of ether oxygens (including phenoxy) is 1. The van der Waals surface area contributed by atoms with Crippen molar-refractivity contribution in [3.8, 4) is 11.8 Å². The molecule has 1 aromatic heterocycles. The molecule has 0 amide bonds. The largest absolute Gasteiger partial charge is 0.496 e. The number of nitrogens with one attached hydrogen (secondary N) is 1. The Morgan fingerprint density at radius 2 is 2.04 bits per heavy atom. The van der Waals surface area contributed by atoms with Crippen LogP contribution in [-0.4, -0.2) is 23.2 Å². The van der Waals surface area contributed by atoms with E-state index in [-0.39, 0.29) is 5.56 Å². The molecule has 0 bridgehead atoms. The van der Waals surface area contributed by atoms with E-state index in [1.807, 2.05) is 19.1 Å². The monoisotopic (exact) mass is 310 g/mol. The van der Waals surface area contributed by atoms with Crippen LogP contribution in [0.25, 0.3) is 11.6 Å². The van der Waals surface area contributed by atoms with Crippen molar-refractivity contribution in [1.82, 2.24) is 4.98 Å². The van der Waals surface area contributed by atoms with Gasteiger partial charge in [0.1, 0.15) is 5.75 Å². The first-order chi connectivity index (χ1) is 10.9. The molecule has 0 aliphatic carbocycles. The van der Waals surface area contributed by atoms with E-state index in [2.05, 4.69) is 11.1 Å². The number of rotatable bonds is 4. The van der Waals surface area contributed by atoms with Crippen molar-refractivity contribution in [3.63, 3.8) is 0 Å². The number of aromatic nitrogens is 1. The van der Waals surface area contributed by atoms with Crippen LogP contribution in [0.2, 0.25) is 0 Å². The third-order valence-corrected chi connectivity index (χ3v) is 3.82. The highest BCUT2D eigenvalue weighted by Gasteiger charge is 2.17. The van der Waals surface area contributed by atoms with Crippen molar-refractivity contribution in [2.45, 2.75) is 20.8 Å². The van der Waals surface area contributed by atoms with E-state index in [0.717, 1.165) is 11.1 Å². The number of carboxylic acids is 1. The van der Waals surface area contributed by atoms with Crippen LogP contribution in [0, 0.1) is 32.1 Å². The highest BCUT2D eigenvalue weighted by molar-refractivity contribution is 5.95. The highest BCUT2D eigenvalue weighted by atomic mass is 16.5. The number of aromatic carboxylic acids is 1. The Bertz CT molecular complexity index is 839. The van der Waals surface area contributed by atoms with Crippen molar-refractivity contribution >= 4 is 17.6 Å². The standard InChI is InChI=1S/C18H18N2O3/c1-10-5-6-13(8-16(10)23-4)14(9-19)7-15-11(2)17(18(21)22)12(3)20-15/h5-8,20H,1-4H3,(H,21,22)/b14-7+. The van der Waals surface area contributed by atoms with Gasteiger partial charge in [-0.05, 0) is 49.6 Å². The topological polar surface area (TPSA) is 86.1 Å². The van der Waals surface area contributed by atoms with Crippen LogP contribution in [0.5, 0.6) is 5.75 Å². The van der Waals surface area contributed by atoms with Crippen LogP contribution < -0.4 is 4.74 Å². The first-order valence-corrected chi connectivity index (χ1v) is 7.08. The summed E-state index contributed by atoms with van der Waals surface area (Å²) in [5.41, 5.74) is 4.18. The molecular weight excluding hydrogens is 292 g/mol. The fraction of sp³-hybridized carbons (Fsp3) is 0.222. The van der Waals surface area contributed by atoms with Gasteiger partial charge in [-0.25, -0.2) is 4.79 Å². The van der Waals surface area contributed by atoms with Crippen LogP contribution >= 0.6 is 0 Å². The maximum atomic E-state index is 11.3. The molecule has 0 fully saturated rings. The van der Waals surface area contributed by atoms with Gasteiger partial charge in [0.15, 0.2) is 0 Å². The molecule has 0 aliphatic rings. The van der Waals surface area contributed by atoms with Crippen LogP contribution in [-0.2, 0) is 0 Å². The van der Waals surface area contributed by atoms with E-state index in [0.29, 0.717) is 28.3 Å². The molecule has 5 heteroatoms. The van der Waals surface area contributed by atoms with Crippen molar-refractivity contribution in [3.05, 3.63) is 51.8 Å². The van der Waals surface area contributed by atoms with E-state index in [1.165, 1.54) is 0 Å². The predicted octanol–water partition coefficient (Wildman–Crippen LogP) is 3.71. The van der Waals surface area contributed by atoms with Crippen molar-refractivity contribution in [2.75, 3.05) is 7.11 Å². The molecule has 0 unspecified atom stereocenters. The van der Waals surface area contributed by atoms with Gasteiger partial charge < -0.3 is 14.8 Å². The lowest BCUT2D eigenvalue weighted by Gasteiger charge is -2.07. The van der Waals surface area contributed by atoms with Gasteiger partial charge in [0.2, 0.25) is 0 Å². The molecule has 0 saturated heterocycles. The first-order valence-electron chi connectivity index (χ1n) is 7.08. The smallest absolute Gasteiger partial charge is 0.337 e. The Kier molecular flexibility index (Phi) is 4.56. The summed E-state index contributed by atoms with van der Waals surface area (Å²) in [5.74, 6) is -0.277. The van der Waals surface area contributed by atoms with Crippen molar-refractivity contribution in [2.24, 2.45) is 0 Å². The van der Waals surface area contributed by atoms with Crippen LogP contribution in [0.3, 0.4) is 0 Å². The number of carbonyl (C=O) groups is 1. The summed E-state index contributed by atoms with van der Waals surface area (Å²) in [7, 11) is 1.58. The summed E-state index contributed by atoms with van der Waals surface area (Å²) in [5, 5.41) is 18.7. The third kappa shape index (κ3) is 3.11. The lowest BCUT2D eigenvalue weighted by atomic mass is 10.0. The highest BCUT2D eigenvalue weighted by Crippen LogP contribution is 2.27. The fourth-order valence-corrected chi connectivity index (χ4v) is 2.55. The Hall–Kier alpha value is -3.00. The maximum Gasteiger partial charge on any atom is 0.337 e. The molecule has 23 heavy (non-hydrogen) atoms. The van der Waals surface area contributed by atoms with Gasteiger partial charge in [-0.15, -0.1) is 0 Å². The zero-order chi connectivity index (χ0) is 17.1. The molecule has 2 aromatic rings. The van der Waals surface area contributed by atoms with E-state index in [9.17, 15) is 15.2 Å². The number of benzene rings is 1. The normalized spacial score (nSPS) is 11.2. The van der Waals surface area contributed by atoms with Crippen LogP contribution in [0.15, 0.2) is 18.2 Å². The van der Waals surface area contributed by atoms with Gasteiger partial charge in [-0.2, -0.15) is 5.26 Å². The number of hydrogen-bond donors (Lipinski definition) is 2. The molecule has 1 aromatic carbocycles. The molecule has 0 atom stereocenters. The minimum Gasteiger partial charge on any atom is -0.496 e. The summed E-state index contributed by atoms with van der Waals surface area (Å²) < 4.78 is 5.29. The average Bonchev–Trinajstić information content (AvgIpc) is 2.79. The van der Waals surface area contributed by atoms with E-state index in [1.54, 1.807) is 33.1 Å². The van der Waals surface area contributed by atoms with Gasteiger partial charge in [-0.3, -0.25) is 0 Å². The van der Waals surface area contributed by atoms with Gasteiger partial charge in [0, 0.05) is 11.4 Å². The molecule has 0 saturated carbocycles. The molecule has 5 nitrogen and oxygen atoms in total. The first kappa shape index (κ1) is 16.4. The summed E-state index contributed by atoms with van der Waals surface area (Å²) >= 11 is 0. The summed E-state index contributed by atoms with van der Waals surface area (Å²) in [4.78, 5) is 14.3. The molecule has 118 valence electrons. The molecule has 2 N–H and O–H groups in total. The maximum absolute atomic E-state index is 11.3. The number of methoxy groups -OCH3 is 1. The van der Waals surface area contributed by atoms with Crippen LogP contribution in [0.4, 0.5) is 0 Å². The lowest BCUT2D eigenvalue weighted by Crippen LogP contribution is -1.98. The number of hydrogen-bond acceptors (Lipinski definition) is 3. The Morgan fingerprint density at radius 1 is 1.35 bits per heavy atom. The number of carboxylic acid groups (broad SMARTS) is 1. The zero-order valence-corrected chi connectivity index (χ0v) is 13.5. The van der Waals surface area contributed by atoms with E-state index in [4.69, 9.17) is 4.74 Å². The average molecular weight is 310 g/mol. The fourth-order valence-electron chi connectivity index (χ4n) is 2.55. The number of aryl methyl sites for hydroxylation is 2. The number of allylic oxidation sites excluding steroid dienone is 1. The summed E-state index contributed by atoms with van der Waals surface area (Å²) in [6, 6.07) is 7.69. The number of nitrogens with zero attached hydrogens (tertiary/aromatic N) is 1. The minimum atomic E-state index is -0.980. The summed E-state index contributed by atoms with van der Waals surface area (Å²) in [6.45, 7) is 5.36. The quantitative estimate of drug-likeness (QED) is 0.843. The molecule has 1 heterocycles. The zero-order valence-electron chi connectivity index (χ0n) is 13.5. The van der Waals surface area contributed by atoms with Gasteiger partial charge >= 0.3 is 5.97 Å². The minimum absolute atomic E-state index is 0.245. The Balaban J connectivity index is 2.55. The number of H-pyrrole nitrogens is 1. The SMILES string of the molecule is COc1cc(/C(C#N)=C/c2[nH]c(C)c(C(=O)O)c2C)ccc1C. The number of aromatic amines is 1. The van der Waals surface area contributed by atoms with Crippen molar-refractivity contribution < 1.29 is 14.6 Å². The van der Waals surface area contributed by atoms with E-state index < -0.39 is 5.97 Å². The second kappa shape index (κ2) is 6.41. The number of nitriles is 1. The second-order valence-corrected chi connectivity index (χ2v) is 5.32. The molecule has 2 rings (SSSR count).